The molecule has 2 aromatic rings. The van der Waals surface area contributed by atoms with Crippen molar-refractivity contribution in [2.45, 2.75) is 19.4 Å². The zero-order chi connectivity index (χ0) is 12.4. The van der Waals surface area contributed by atoms with Crippen LogP contribution in [0.1, 0.15) is 23.1 Å². The summed E-state index contributed by atoms with van der Waals surface area (Å²) in [7, 11) is 1.65. The second kappa shape index (κ2) is 4.58. The van der Waals surface area contributed by atoms with Crippen molar-refractivity contribution >= 4 is 0 Å². The molecule has 1 atom stereocenters. The normalized spacial score (nSPS) is 12.7. The topological polar surface area (TPSA) is 63.8 Å². The third-order valence-corrected chi connectivity index (χ3v) is 2.51. The zero-order valence-corrected chi connectivity index (χ0v) is 9.63. The van der Waals surface area contributed by atoms with Gasteiger partial charge in [-0.3, -0.25) is 0 Å². The van der Waals surface area contributed by atoms with Crippen LogP contribution in [0.25, 0.3) is 0 Å². The molecule has 5 nitrogen and oxygen atoms in total. The summed E-state index contributed by atoms with van der Waals surface area (Å²) in [5.74, 6) is 0.106. The minimum Gasteiger partial charge on any atom is -0.388 e. The summed E-state index contributed by atoms with van der Waals surface area (Å²) in [6.07, 6.45) is -0.606. The van der Waals surface area contributed by atoms with Crippen molar-refractivity contribution in [2.75, 3.05) is 0 Å². The molecule has 0 aliphatic carbocycles. The SMILES string of the molecule is Cc1ccc(C(O)Cc2nnn(C)n2)cc1F. The average Bonchev–Trinajstić information content (AvgIpc) is 2.68. The Morgan fingerprint density at radius 2 is 2.24 bits per heavy atom. The lowest BCUT2D eigenvalue weighted by Gasteiger charge is -2.09. The van der Waals surface area contributed by atoms with Gasteiger partial charge >= 0.3 is 0 Å². The lowest BCUT2D eigenvalue weighted by molar-refractivity contribution is 0.175. The van der Waals surface area contributed by atoms with E-state index >= 15 is 0 Å². The number of aliphatic hydroxyl groups is 1. The van der Waals surface area contributed by atoms with Crippen LogP contribution in [-0.2, 0) is 13.5 Å². The van der Waals surface area contributed by atoms with Crippen LogP contribution in [0.4, 0.5) is 4.39 Å². The predicted octanol–water partition coefficient (Wildman–Crippen LogP) is 0.934. The molecule has 1 aromatic heterocycles. The Bertz CT molecular complexity index is 526. The van der Waals surface area contributed by atoms with Crippen molar-refractivity contribution in [1.82, 2.24) is 20.2 Å². The highest BCUT2D eigenvalue weighted by Gasteiger charge is 2.13. The van der Waals surface area contributed by atoms with Gasteiger partial charge in [-0.05, 0) is 29.3 Å². The summed E-state index contributed by atoms with van der Waals surface area (Å²) < 4.78 is 13.3. The minimum absolute atomic E-state index is 0.219. The van der Waals surface area contributed by atoms with E-state index in [0.29, 0.717) is 17.0 Å². The fourth-order valence-corrected chi connectivity index (χ4v) is 1.51. The van der Waals surface area contributed by atoms with Gasteiger partial charge in [-0.1, -0.05) is 12.1 Å². The van der Waals surface area contributed by atoms with E-state index in [9.17, 15) is 9.50 Å². The van der Waals surface area contributed by atoms with E-state index in [0.717, 1.165) is 0 Å². The number of aromatic nitrogens is 4. The number of benzene rings is 1. The molecule has 1 aromatic carbocycles. The Morgan fingerprint density at radius 3 is 2.82 bits per heavy atom. The Hall–Kier alpha value is -1.82. The second-order valence-electron chi connectivity index (χ2n) is 3.92. The smallest absolute Gasteiger partial charge is 0.177 e. The molecule has 1 heterocycles. The van der Waals surface area contributed by atoms with Crippen LogP contribution in [0.5, 0.6) is 0 Å². The number of halogens is 1. The van der Waals surface area contributed by atoms with Crippen molar-refractivity contribution < 1.29 is 9.50 Å². The average molecular weight is 236 g/mol. The van der Waals surface area contributed by atoms with Gasteiger partial charge in [0.2, 0.25) is 0 Å². The zero-order valence-electron chi connectivity index (χ0n) is 9.63. The van der Waals surface area contributed by atoms with Crippen LogP contribution in [0, 0.1) is 12.7 Å². The molecule has 0 saturated carbocycles. The quantitative estimate of drug-likeness (QED) is 0.861. The molecule has 0 radical (unpaired) electrons. The fraction of sp³-hybridized carbons (Fsp3) is 0.364. The number of aryl methyl sites for hydroxylation is 2. The van der Waals surface area contributed by atoms with Crippen molar-refractivity contribution in [2.24, 2.45) is 7.05 Å². The molecule has 17 heavy (non-hydrogen) atoms. The molecule has 0 amide bonds. The van der Waals surface area contributed by atoms with E-state index in [-0.39, 0.29) is 12.2 Å². The number of aliphatic hydroxyl groups excluding tert-OH is 1. The molecule has 6 heteroatoms. The van der Waals surface area contributed by atoms with E-state index in [4.69, 9.17) is 0 Å². The highest BCUT2D eigenvalue weighted by molar-refractivity contribution is 5.25. The Labute approximate surface area is 97.9 Å². The first-order valence-electron chi connectivity index (χ1n) is 5.23. The first-order valence-corrected chi connectivity index (χ1v) is 5.23. The monoisotopic (exact) mass is 236 g/mol. The summed E-state index contributed by atoms with van der Waals surface area (Å²) in [4.78, 5) is 1.32. The third kappa shape index (κ3) is 2.65. The molecular formula is C11H13FN4O. The van der Waals surface area contributed by atoms with E-state index in [1.54, 1.807) is 26.1 Å². The third-order valence-electron chi connectivity index (χ3n) is 2.51. The maximum Gasteiger partial charge on any atom is 0.177 e. The standard InChI is InChI=1S/C11H13FN4O/c1-7-3-4-8(5-9(7)12)10(17)6-11-13-15-16(2)14-11/h3-5,10,17H,6H2,1-2H3. The van der Waals surface area contributed by atoms with Gasteiger partial charge in [0.05, 0.1) is 13.2 Å². The van der Waals surface area contributed by atoms with Gasteiger partial charge in [-0.2, -0.15) is 4.80 Å². The second-order valence-corrected chi connectivity index (χ2v) is 3.92. The minimum atomic E-state index is -0.825. The molecule has 0 aliphatic heterocycles. The Balaban J connectivity index is 2.14. The Kier molecular flexibility index (Phi) is 3.14. The first kappa shape index (κ1) is 11.7. The van der Waals surface area contributed by atoms with Gasteiger partial charge in [0.1, 0.15) is 5.82 Å². The summed E-state index contributed by atoms with van der Waals surface area (Å²) in [6, 6.07) is 4.66. The molecule has 0 fully saturated rings. The molecule has 1 unspecified atom stereocenters. The van der Waals surface area contributed by atoms with Crippen molar-refractivity contribution in [3.8, 4) is 0 Å². The molecule has 0 aliphatic rings. The molecule has 90 valence electrons. The van der Waals surface area contributed by atoms with E-state index in [1.165, 1.54) is 10.9 Å². The maximum absolute atomic E-state index is 13.3. The van der Waals surface area contributed by atoms with Gasteiger partial charge in [-0.25, -0.2) is 4.39 Å². The molecule has 0 saturated heterocycles. The molecule has 0 bridgehead atoms. The highest BCUT2D eigenvalue weighted by atomic mass is 19.1. The van der Waals surface area contributed by atoms with Crippen LogP contribution in [0.2, 0.25) is 0 Å². The van der Waals surface area contributed by atoms with Crippen molar-refractivity contribution in [3.05, 3.63) is 41.0 Å². The summed E-state index contributed by atoms with van der Waals surface area (Å²) in [6.45, 7) is 1.68. The lowest BCUT2D eigenvalue weighted by Crippen LogP contribution is -2.04. The Morgan fingerprint density at radius 1 is 1.47 bits per heavy atom. The van der Waals surface area contributed by atoms with Crippen LogP contribution in [-0.4, -0.2) is 25.3 Å². The van der Waals surface area contributed by atoms with E-state index < -0.39 is 6.10 Å². The number of rotatable bonds is 3. The van der Waals surface area contributed by atoms with Crippen LogP contribution >= 0.6 is 0 Å². The first-order chi connectivity index (χ1) is 8.06. The van der Waals surface area contributed by atoms with E-state index in [2.05, 4.69) is 15.4 Å². The van der Waals surface area contributed by atoms with Crippen LogP contribution in [0.3, 0.4) is 0 Å². The maximum atomic E-state index is 13.3. The van der Waals surface area contributed by atoms with Crippen LogP contribution in [0.15, 0.2) is 18.2 Å². The summed E-state index contributed by atoms with van der Waals surface area (Å²) >= 11 is 0. The van der Waals surface area contributed by atoms with Gasteiger partial charge in [0, 0.05) is 6.42 Å². The largest absolute Gasteiger partial charge is 0.388 e. The van der Waals surface area contributed by atoms with E-state index in [1.807, 2.05) is 0 Å². The highest BCUT2D eigenvalue weighted by Crippen LogP contribution is 2.18. The van der Waals surface area contributed by atoms with Crippen LogP contribution < -0.4 is 0 Å². The fourth-order valence-electron chi connectivity index (χ4n) is 1.51. The predicted molar refractivity (Wildman–Crippen MR) is 58.6 cm³/mol. The number of nitrogens with zero attached hydrogens (tertiary/aromatic N) is 4. The van der Waals surface area contributed by atoms with Gasteiger partial charge in [0.15, 0.2) is 5.82 Å². The van der Waals surface area contributed by atoms with Gasteiger partial charge < -0.3 is 5.11 Å². The van der Waals surface area contributed by atoms with Crippen molar-refractivity contribution in [3.63, 3.8) is 0 Å². The van der Waals surface area contributed by atoms with Gasteiger partial charge in [-0.15, -0.1) is 10.2 Å². The molecule has 2 rings (SSSR count). The number of tetrazole rings is 1. The molecular weight excluding hydrogens is 223 g/mol. The summed E-state index contributed by atoms with van der Waals surface area (Å²) in [5, 5.41) is 21.3. The molecule has 0 spiro atoms. The summed E-state index contributed by atoms with van der Waals surface area (Å²) in [5.41, 5.74) is 1.07. The number of hydrogen-bond acceptors (Lipinski definition) is 4. The number of hydrogen-bond donors (Lipinski definition) is 1. The van der Waals surface area contributed by atoms with Crippen molar-refractivity contribution in [1.29, 1.82) is 0 Å². The van der Waals surface area contributed by atoms with Gasteiger partial charge in [0.25, 0.3) is 0 Å². The molecule has 1 N–H and O–H groups in total. The lowest BCUT2D eigenvalue weighted by atomic mass is 10.0.